The first-order valence-electron chi connectivity index (χ1n) is 6.52. The molecule has 0 aliphatic carbocycles. The molecule has 1 aromatic carbocycles. The van der Waals surface area contributed by atoms with Crippen molar-refractivity contribution in [2.75, 3.05) is 7.11 Å². The van der Waals surface area contributed by atoms with Crippen LogP contribution in [0, 0.1) is 0 Å². The first-order chi connectivity index (χ1) is 10.6. The van der Waals surface area contributed by atoms with Crippen molar-refractivity contribution in [1.82, 2.24) is 14.5 Å². The van der Waals surface area contributed by atoms with Crippen molar-refractivity contribution in [1.29, 1.82) is 0 Å². The summed E-state index contributed by atoms with van der Waals surface area (Å²) >= 11 is 18.5. The van der Waals surface area contributed by atoms with Gasteiger partial charge in [-0.1, -0.05) is 34.8 Å². The maximum absolute atomic E-state index is 6.26. The number of halogens is 3. The number of nitrogens with zero attached hydrogens (tertiary/aromatic N) is 3. The van der Waals surface area contributed by atoms with E-state index >= 15 is 0 Å². The first-order valence-corrected chi connectivity index (χ1v) is 7.66. The Balaban J connectivity index is 2.14. The van der Waals surface area contributed by atoms with Gasteiger partial charge in [-0.15, -0.1) is 0 Å². The van der Waals surface area contributed by atoms with Crippen LogP contribution in [-0.4, -0.2) is 21.6 Å². The number of hydrogen-bond acceptors (Lipinski definition) is 3. The maximum Gasteiger partial charge on any atom is 0.156 e. The van der Waals surface area contributed by atoms with Gasteiger partial charge in [0.2, 0.25) is 0 Å². The average molecular weight is 357 g/mol. The molecule has 22 heavy (non-hydrogen) atoms. The van der Waals surface area contributed by atoms with Gasteiger partial charge in [0.05, 0.1) is 12.1 Å². The van der Waals surface area contributed by atoms with E-state index in [2.05, 4.69) is 9.97 Å². The Morgan fingerprint density at radius 2 is 2.00 bits per heavy atom. The van der Waals surface area contributed by atoms with Crippen molar-refractivity contribution in [2.45, 2.75) is 13.2 Å². The van der Waals surface area contributed by atoms with Gasteiger partial charge in [-0.3, -0.25) is 0 Å². The minimum Gasteiger partial charge on any atom is -0.377 e. The number of methoxy groups -OCH3 is 1. The fourth-order valence-electron chi connectivity index (χ4n) is 2.32. The fourth-order valence-corrected chi connectivity index (χ4v) is 2.89. The molecule has 114 valence electrons. The Kier molecular flexibility index (Phi) is 4.54. The van der Waals surface area contributed by atoms with Crippen molar-refractivity contribution in [3.05, 3.63) is 57.0 Å². The number of hydrogen-bond donors (Lipinski definition) is 0. The fraction of sp³-hybridized carbons (Fsp3) is 0.200. The minimum atomic E-state index is 0.364. The predicted molar refractivity (Wildman–Crippen MR) is 88.8 cm³/mol. The van der Waals surface area contributed by atoms with Crippen LogP contribution in [0.3, 0.4) is 0 Å². The van der Waals surface area contributed by atoms with E-state index in [9.17, 15) is 0 Å². The van der Waals surface area contributed by atoms with Crippen LogP contribution in [0.15, 0.2) is 30.5 Å². The Morgan fingerprint density at radius 3 is 2.77 bits per heavy atom. The lowest BCUT2D eigenvalue weighted by atomic mass is 10.2. The van der Waals surface area contributed by atoms with E-state index < -0.39 is 0 Å². The molecule has 0 atom stereocenters. The summed E-state index contributed by atoms with van der Waals surface area (Å²) in [7, 11) is 1.62. The van der Waals surface area contributed by atoms with Crippen LogP contribution in [0.5, 0.6) is 0 Å². The van der Waals surface area contributed by atoms with E-state index in [4.69, 9.17) is 39.5 Å². The topological polar surface area (TPSA) is 39.9 Å². The lowest BCUT2D eigenvalue weighted by Gasteiger charge is -2.10. The molecule has 3 aromatic rings. The molecule has 0 fully saturated rings. The molecule has 0 unspecified atom stereocenters. The van der Waals surface area contributed by atoms with Crippen molar-refractivity contribution in [2.24, 2.45) is 0 Å². The molecule has 0 radical (unpaired) electrons. The van der Waals surface area contributed by atoms with Gasteiger partial charge in [-0.2, -0.15) is 0 Å². The molecular formula is C15H12Cl3N3O. The van der Waals surface area contributed by atoms with Crippen LogP contribution in [-0.2, 0) is 17.9 Å². The number of imidazole rings is 1. The summed E-state index contributed by atoms with van der Waals surface area (Å²) in [6.07, 6.45) is 1.65. The molecule has 0 saturated carbocycles. The maximum atomic E-state index is 6.26. The van der Waals surface area contributed by atoms with Gasteiger partial charge in [-0.25, -0.2) is 9.97 Å². The van der Waals surface area contributed by atoms with Crippen LogP contribution in [0.25, 0.3) is 11.0 Å². The molecule has 2 heterocycles. The highest BCUT2D eigenvalue weighted by molar-refractivity contribution is 6.34. The molecule has 0 saturated heterocycles. The highest BCUT2D eigenvalue weighted by Crippen LogP contribution is 2.26. The number of ether oxygens (including phenoxy) is 1. The number of benzene rings is 1. The van der Waals surface area contributed by atoms with Crippen LogP contribution >= 0.6 is 34.8 Å². The number of rotatable bonds is 4. The lowest BCUT2D eigenvalue weighted by molar-refractivity contribution is 0.175. The molecule has 3 rings (SSSR count). The molecule has 0 aliphatic heterocycles. The molecule has 0 amide bonds. The zero-order valence-electron chi connectivity index (χ0n) is 11.7. The highest BCUT2D eigenvalue weighted by atomic mass is 35.5. The van der Waals surface area contributed by atoms with Gasteiger partial charge < -0.3 is 9.30 Å². The summed E-state index contributed by atoms with van der Waals surface area (Å²) in [5.74, 6) is 0.753. The van der Waals surface area contributed by atoms with E-state index in [1.807, 2.05) is 16.7 Å². The molecule has 0 N–H and O–H groups in total. The van der Waals surface area contributed by atoms with Crippen molar-refractivity contribution < 1.29 is 4.74 Å². The molecule has 4 nitrogen and oxygen atoms in total. The largest absolute Gasteiger partial charge is 0.377 e. The van der Waals surface area contributed by atoms with Gasteiger partial charge in [-0.05, 0) is 29.8 Å². The van der Waals surface area contributed by atoms with Gasteiger partial charge in [0.25, 0.3) is 0 Å². The molecule has 0 spiro atoms. The third-order valence-corrected chi connectivity index (χ3v) is 4.19. The summed E-state index contributed by atoms with van der Waals surface area (Å²) in [5, 5.41) is 1.65. The van der Waals surface area contributed by atoms with Crippen molar-refractivity contribution in [3.8, 4) is 0 Å². The first kappa shape index (κ1) is 15.6. The minimum absolute atomic E-state index is 0.364. The van der Waals surface area contributed by atoms with E-state index in [0.717, 1.165) is 16.9 Å². The molecule has 2 aromatic heterocycles. The van der Waals surface area contributed by atoms with E-state index in [1.165, 1.54) is 0 Å². The average Bonchev–Trinajstić information content (AvgIpc) is 2.83. The predicted octanol–water partition coefficient (Wildman–Crippen LogP) is 4.59. The second-order valence-electron chi connectivity index (χ2n) is 4.75. The van der Waals surface area contributed by atoms with E-state index in [1.54, 1.807) is 25.4 Å². The number of aromatic nitrogens is 3. The monoisotopic (exact) mass is 355 g/mol. The highest BCUT2D eigenvalue weighted by Gasteiger charge is 2.15. The zero-order chi connectivity index (χ0) is 15.7. The van der Waals surface area contributed by atoms with Crippen LogP contribution in [0.1, 0.15) is 11.4 Å². The quantitative estimate of drug-likeness (QED) is 0.642. The SMILES string of the molecule is COCc1nc2c(Cl)nccc2n1Cc1cc(Cl)ccc1Cl. The van der Waals surface area contributed by atoms with Gasteiger partial charge in [0, 0.05) is 23.4 Å². The Morgan fingerprint density at radius 1 is 1.18 bits per heavy atom. The standard InChI is InChI=1S/C15H12Cl3N3O/c1-22-8-13-20-14-12(4-5-19-15(14)18)21(13)7-9-6-10(16)2-3-11(9)17/h2-6H,7-8H2,1H3. The van der Waals surface area contributed by atoms with E-state index in [0.29, 0.717) is 33.9 Å². The summed E-state index contributed by atoms with van der Waals surface area (Å²) in [6.45, 7) is 0.887. The third kappa shape index (κ3) is 2.92. The number of pyridine rings is 1. The molecule has 7 heteroatoms. The molecular weight excluding hydrogens is 345 g/mol. The third-order valence-electron chi connectivity index (χ3n) is 3.31. The smallest absolute Gasteiger partial charge is 0.156 e. The molecule has 0 bridgehead atoms. The van der Waals surface area contributed by atoms with Crippen LogP contribution in [0.2, 0.25) is 15.2 Å². The zero-order valence-corrected chi connectivity index (χ0v) is 14.0. The van der Waals surface area contributed by atoms with Gasteiger partial charge in [0.1, 0.15) is 17.9 Å². The van der Waals surface area contributed by atoms with Crippen LogP contribution in [0.4, 0.5) is 0 Å². The second kappa shape index (κ2) is 6.42. The summed E-state index contributed by atoms with van der Waals surface area (Å²) in [6, 6.07) is 7.25. The Bertz CT molecular complexity index is 832. The summed E-state index contributed by atoms with van der Waals surface area (Å²) in [5.41, 5.74) is 2.43. The summed E-state index contributed by atoms with van der Waals surface area (Å²) in [4.78, 5) is 8.58. The van der Waals surface area contributed by atoms with E-state index in [-0.39, 0.29) is 0 Å². The summed E-state index contributed by atoms with van der Waals surface area (Å²) < 4.78 is 7.23. The Hall–Kier alpha value is -1.33. The molecule has 0 aliphatic rings. The van der Waals surface area contributed by atoms with Crippen molar-refractivity contribution in [3.63, 3.8) is 0 Å². The van der Waals surface area contributed by atoms with Gasteiger partial charge >= 0.3 is 0 Å². The second-order valence-corrected chi connectivity index (χ2v) is 5.95. The Labute approximate surface area is 142 Å². The lowest BCUT2D eigenvalue weighted by Crippen LogP contribution is -2.06. The van der Waals surface area contributed by atoms with Gasteiger partial charge in [0.15, 0.2) is 5.15 Å². The number of fused-ring (bicyclic) bond motifs is 1. The normalized spacial score (nSPS) is 11.3. The van der Waals surface area contributed by atoms with Crippen LogP contribution < -0.4 is 0 Å². The van der Waals surface area contributed by atoms with Crippen molar-refractivity contribution >= 4 is 45.8 Å².